The number of hydrogen-bond acceptors (Lipinski definition) is 5. The van der Waals surface area contributed by atoms with E-state index in [1.54, 1.807) is 7.11 Å². The summed E-state index contributed by atoms with van der Waals surface area (Å²) in [5, 5.41) is 0. The second-order valence-electron chi connectivity index (χ2n) is 4.74. The van der Waals surface area contributed by atoms with Crippen molar-refractivity contribution in [3.63, 3.8) is 0 Å². The van der Waals surface area contributed by atoms with Crippen molar-refractivity contribution in [2.24, 2.45) is 5.73 Å². The smallest absolute Gasteiger partial charge is 0.330 e. The van der Waals surface area contributed by atoms with Crippen molar-refractivity contribution < 1.29 is 4.74 Å². The summed E-state index contributed by atoms with van der Waals surface area (Å²) < 4.78 is 8.29. The summed E-state index contributed by atoms with van der Waals surface area (Å²) in [4.78, 5) is 30.9. The third-order valence-corrected chi connectivity index (χ3v) is 3.40. The van der Waals surface area contributed by atoms with Crippen LogP contribution in [0.2, 0.25) is 0 Å². The van der Waals surface area contributed by atoms with E-state index < -0.39 is 11.2 Å². The molecular formula is C13H21N5O3. The normalized spacial score (nSPS) is 11.4. The molecule has 2 rings (SSSR count). The first-order chi connectivity index (χ1) is 10.1. The van der Waals surface area contributed by atoms with Gasteiger partial charge in [-0.05, 0) is 19.9 Å². The number of aromatic nitrogens is 4. The van der Waals surface area contributed by atoms with Crippen molar-refractivity contribution in [3.8, 4) is 0 Å². The highest BCUT2D eigenvalue weighted by Gasteiger charge is 2.17. The molecule has 8 heteroatoms. The van der Waals surface area contributed by atoms with E-state index in [0.29, 0.717) is 43.8 Å². The van der Waals surface area contributed by atoms with Crippen LogP contribution in [0.25, 0.3) is 11.2 Å². The molecule has 0 saturated heterocycles. The number of methoxy groups -OCH3 is 1. The summed E-state index contributed by atoms with van der Waals surface area (Å²) >= 11 is 0. The van der Waals surface area contributed by atoms with Gasteiger partial charge in [0.25, 0.3) is 5.56 Å². The molecule has 0 radical (unpaired) electrons. The first-order valence-corrected chi connectivity index (χ1v) is 7.05. The summed E-state index contributed by atoms with van der Waals surface area (Å²) in [6.07, 6.45) is 1.46. The Hall–Kier alpha value is -1.93. The Labute approximate surface area is 121 Å². The maximum Gasteiger partial charge on any atom is 0.330 e. The molecule has 0 atom stereocenters. The highest BCUT2D eigenvalue weighted by Crippen LogP contribution is 2.12. The van der Waals surface area contributed by atoms with E-state index in [1.807, 2.05) is 11.5 Å². The fourth-order valence-electron chi connectivity index (χ4n) is 2.40. The van der Waals surface area contributed by atoms with Crippen molar-refractivity contribution in [2.75, 3.05) is 20.3 Å². The summed E-state index contributed by atoms with van der Waals surface area (Å²) in [6.45, 7) is 3.83. The zero-order valence-electron chi connectivity index (χ0n) is 12.4. The molecule has 3 N–H and O–H groups in total. The van der Waals surface area contributed by atoms with Crippen LogP contribution >= 0.6 is 0 Å². The Morgan fingerprint density at radius 2 is 2.10 bits per heavy atom. The van der Waals surface area contributed by atoms with Gasteiger partial charge in [0.05, 0.1) is 13.2 Å². The highest BCUT2D eigenvalue weighted by molar-refractivity contribution is 5.71. The average molecular weight is 295 g/mol. The fourth-order valence-corrected chi connectivity index (χ4v) is 2.40. The van der Waals surface area contributed by atoms with Crippen LogP contribution in [0.5, 0.6) is 0 Å². The molecule has 0 aliphatic rings. The molecule has 8 nitrogen and oxygen atoms in total. The molecule has 116 valence electrons. The predicted molar refractivity (Wildman–Crippen MR) is 79.5 cm³/mol. The predicted octanol–water partition coefficient (Wildman–Crippen LogP) is -0.556. The molecular weight excluding hydrogens is 274 g/mol. The second kappa shape index (κ2) is 6.68. The number of hydrogen-bond donors (Lipinski definition) is 2. The van der Waals surface area contributed by atoms with E-state index in [4.69, 9.17) is 10.5 Å². The van der Waals surface area contributed by atoms with Gasteiger partial charge in [-0.1, -0.05) is 0 Å². The molecule has 0 aromatic carbocycles. The van der Waals surface area contributed by atoms with Crippen LogP contribution in [0.1, 0.15) is 19.2 Å². The number of fused-ring (bicyclic) bond motifs is 1. The van der Waals surface area contributed by atoms with Gasteiger partial charge in [-0.25, -0.2) is 9.78 Å². The van der Waals surface area contributed by atoms with Crippen molar-refractivity contribution in [1.82, 2.24) is 19.1 Å². The molecule has 0 unspecified atom stereocenters. The monoisotopic (exact) mass is 295 g/mol. The van der Waals surface area contributed by atoms with Gasteiger partial charge in [0.2, 0.25) is 0 Å². The summed E-state index contributed by atoms with van der Waals surface area (Å²) in [7, 11) is 1.56. The molecule has 0 aliphatic carbocycles. The maximum atomic E-state index is 12.1. The zero-order chi connectivity index (χ0) is 15.4. The lowest BCUT2D eigenvalue weighted by atomic mass is 10.3. The Morgan fingerprint density at radius 3 is 2.71 bits per heavy atom. The topological polar surface area (TPSA) is 108 Å². The molecule has 0 aliphatic heterocycles. The molecule has 0 spiro atoms. The third kappa shape index (κ3) is 2.91. The molecule has 0 saturated carbocycles. The van der Waals surface area contributed by atoms with Gasteiger partial charge in [0.15, 0.2) is 11.2 Å². The van der Waals surface area contributed by atoms with Crippen molar-refractivity contribution >= 4 is 11.2 Å². The molecule has 21 heavy (non-hydrogen) atoms. The maximum absolute atomic E-state index is 12.1. The summed E-state index contributed by atoms with van der Waals surface area (Å²) in [5.41, 5.74) is 5.51. The number of imidazole rings is 1. The molecule has 0 bridgehead atoms. The van der Waals surface area contributed by atoms with Gasteiger partial charge >= 0.3 is 5.69 Å². The van der Waals surface area contributed by atoms with Gasteiger partial charge in [-0.15, -0.1) is 0 Å². The van der Waals surface area contributed by atoms with Crippen LogP contribution in [0.3, 0.4) is 0 Å². The number of nitrogens with zero attached hydrogens (tertiary/aromatic N) is 3. The number of aryl methyl sites for hydroxylation is 2. The van der Waals surface area contributed by atoms with Crippen LogP contribution in [-0.2, 0) is 24.2 Å². The van der Waals surface area contributed by atoms with Crippen LogP contribution in [0.15, 0.2) is 9.59 Å². The number of nitrogens with two attached hydrogens (primary N) is 1. The van der Waals surface area contributed by atoms with Gasteiger partial charge < -0.3 is 15.0 Å². The molecule has 0 amide bonds. The van der Waals surface area contributed by atoms with E-state index in [-0.39, 0.29) is 0 Å². The average Bonchev–Trinajstić information content (AvgIpc) is 2.83. The van der Waals surface area contributed by atoms with Gasteiger partial charge in [0.1, 0.15) is 5.82 Å². The second-order valence-corrected chi connectivity index (χ2v) is 4.74. The van der Waals surface area contributed by atoms with E-state index in [1.165, 1.54) is 4.57 Å². The van der Waals surface area contributed by atoms with E-state index in [0.717, 1.165) is 12.2 Å². The number of rotatable bonds is 7. The fraction of sp³-hybridized carbons (Fsp3) is 0.615. The lowest BCUT2D eigenvalue weighted by Gasteiger charge is -2.06. The third-order valence-electron chi connectivity index (χ3n) is 3.40. The number of nitrogens with one attached hydrogen (secondary N) is 1. The lowest BCUT2D eigenvalue weighted by molar-refractivity contribution is 0.187. The quantitative estimate of drug-likeness (QED) is 0.712. The largest absolute Gasteiger partial charge is 0.383 e. The van der Waals surface area contributed by atoms with Gasteiger partial charge in [-0.2, -0.15) is 0 Å². The Kier molecular flexibility index (Phi) is 4.92. The minimum atomic E-state index is -0.462. The first-order valence-electron chi connectivity index (χ1n) is 7.05. The SMILES string of the molecule is CCn1c(CCCN)nc2c1c(=O)[nH]c(=O)n2CCOC. The highest BCUT2D eigenvalue weighted by atomic mass is 16.5. The number of ether oxygens (including phenoxy) is 1. The van der Waals surface area contributed by atoms with Crippen molar-refractivity contribution in [1.29, 1.82) is 0 Å². The summed E-state index contributed by atoms with van der Waals surface area (Å²) in [5.74, 6) is 0.778. The van der Waals surface area contributed by atoms with Gasteiger partial charge in [-0.3, -0.25) is 14.3 Å². The standard InChI is InChI=1S/C13H21N5O3/c1-3-17-9(5-4-6-14)15-11-10(17)12(19)16-13(20)18(11)7-8-21-2/h3-8,14H2,1-2H3,(H,16,19,20). The lowest BCUT2D eigenvalue weighted by Crippen LogP contribution is -2.32. The van der Waals surface area contributed by atoms with Gasteiger partial charge in [0, 0.05) is 20.1 Å². The Balaban J connectivity index is 2.66. The van der Waals surface area contributed by atoms with Crippen LogP contribution in [0, 0.1) is 0 Å². The first kappa shape index (κ1) is 15.5. The minimum Gasteiger partial charge on any atom is -0.383 e. The Bertz CT molecular complexity index is 728. The van der Waals surface area contributed by atoms with Crippen LogP contribution < -0.4 is 17.0 Å². The Morgan fingerprint density at radius 1 is 1.33 bits per heavy atom. The van der Waals surface area contributed by atoms with Crippen molar-refractivity contribution in [2.45, 2.75) is 32.9 Å². The molecule has 2 aromatic heterocycles. The minimum absolute atomic E-state index is 0.347. The molecule has 2 aromatic rings. The molecule has 0 fully saturated rings. The van der Waals surface area contributed by atoms with E-state index >= 15 is 0 Å². The van der Waals surface area contributed by atoms with Crippen LogP contribution in [-0.4, -0.2) is 39.4 Å². The van der Waals surface area contributed by atoms with Crippen molar-refractivity contribution in [3.05, 3.63) is 26.7 Å². The van der Waals surface area contributed by atoms with E-state index in [2.05, 4.69) is 9.97 Å². The van der Waals surface area contributed by atoms with Crippen LogP contribution in [0.4, 0.5) is 0 Å². The summed E-state index contributed by atoms with van der Waals surface area (Å²) in [6, 6.07) is 0. The van der Waals surface area contributed by atoms with E-state index in [9.17, 15) is 9.59 Å². The zero-order valence-corrected chi connectivity index (χ0v) is 12.4. The molecule has 2 heterocycles. The number of H-pyrrole nitrogens is 1. The number of aromatic amines is 1.